The van der Waals surface area contributed by atoms with Crippen LogP contribution in [-0.4, -0.2) is 9.49 Å². The zero-order chi connectivity index (χ0) is 16.2. The maximum absolute atomic E-state index is 11.0. The van der Waals surface area contributed by atoms with E-state index < -0.39 is 4.92 Å². The smallest absolute Gasteiger partial charge is 0.270 e. The fourth-order valence-electron chi connectivity index (χ4n) is 2.60. The van der Waals surface area contributed by atoms with Gasteiger partial charge in [0.05, 0.1) is 11.0 Å². The van der Waals surface area contributed by atoms with Crippen molar-refractivity contribution in [3.63, 3.8) is 0 Å². The van der Waals surface area contributed by atoms with Crippen LogP contribution in [0.4, 0.5) is 5.69 Å². The number of nitro groups is 1. The van der Waals surface area contributed by atoms with Crippen LogP contribution in [0.3, 0.4) is 0 Å². The van der Waals surface area contributed by atoms with Crippen molar-refractivity contribution in [1.29, 1.82) is 5.26 Å². The van der Waals surface area contributed by atoms with E-state index in [9.17, 15) is 10.1 Å². The maximum atomic E-state index is 11.0. The Morgan fingerprint density at radius 1 is 1.22 bits per heavy atom. The molecular formula is C18H13N3O2. The Labute approximate surface area is 132 Å². The van der Waals surface area contributed by atoms with Crippen LogP contribution in [0.1, 0.15) is 11.1 Å². The Morgan fingerprint density at radius 3 is 2.70 bits per heavy atom. The average molecular weight is 303 g/mol. The zero-order valence-corrected chi connectivity index (χ0v) is 12.2. The van der Waals surface area contributed by atoms with Gasteiger partial charge >= 0.3 is 0 Å². The van der Waals surface area contributed by atoms with E-state index in [-0.39, 0.29) is 5.69 Å². The summed E-state index contributed by atoms with van der Waals surface area (Å²) in [6.45, 7) is 0.662. The topological polar surface area (TPSA) is 71.9 Å². The summed E-state index contributed by atoms with van der Waals surface area (Å²) in [6, 6.07) is 16.7. The van der Waals surface area contributed by atoms with Crippen LogP contribution < -0.4 is 0 Å². The fourth-order valence-corrected chi connectivity index (χ4v) is 2.60. The monoisotopic (exact) mass is 303 g/mol. The van der Waals surface area contributed by atoms with Gasteiger partial charge in [-0.1, -0.05) is 30.3 Å². The lowest BCUT2D eigenvalue weighted by Gasteiger charge is -2.05. The second kappa shape index (κ2) is 6.16. The van der Waals surface area contributed by atoms with Crippen molar-refractivity contribution in [1.82, 2.24) is 4.57 Å². The molecule has 1 heterocycles. The highest BCUT2D eigenvalue weighted by atomic mass is 16.6. The van der Waals surface area contributed by atoms with E-state index in [1.165, 1.54) is 12.1 Å². The van der Waals surface area contributed by atoms with Gasteiger partial charge in [-0.25, -0.2) is 0 Å². The summed E-state index contributed by atoms with van der Waals surface area (Å²) < 4.78 is 2.03. The number of non-ortho nitro benzene ring substituents is 1. The van der Waals surface area contributed by atoms with Crippen molar-refractivity contribution in [3.05, 3.63) is 82.0 Å². The summed E-state index contributed by atoms with van der Waals surface area (Å²) in [5.41, 5.74) is 2.87. The molecule has 5 heteroatoms. The number of benzene rings is 2. The van der Waals surface area contributed by atoms with Crippen molar-refractivity contribution in [2.24, 2.45) is 0 Å². The highest BCUT2D eigenvalue weighted by molar-refractivity contribution is 5.91. The van der Waals surface area contributed by atoms with E-state index in [0.717, 1.165) is 22.0 Å². The predicted octanol–water partition coefficient (Wildman–Crippen LogP) is 4.13. The average Bonchev–Trinajstić information content (AvgIpc) is 2.91. The van der Waals surface area contributed by atoms with Crippen molar-refractivity contribution >= 4 is 22.7 Å². The van der Waals surface area contributed by atoms with Crippen LogP contribution in [0.15, 0.2) is 60.8 Å². The molecule has 0 spiro atoms. The summed E-state index contributed by atoms with van der Waals surface area (Å²) in [5, 5.41) is 20.5. The van der Waals surface area contributed by atoms with Gasteiger partial charge in [-0.05, 0) is 17.7 Å². The molecule has 0 aliphatic heterocycles. The Balaban J connectivity index is 2.13. The van der Waals surface area contributed by atoms with Crippen LogP contribution >= 0.6 is 0 Å². The van der Waals surface area contributed by atoms with Gasteiger partial charge in [-0.3, -0.25) is 10.1 Å². The van der Waals surface area contributed by atoms with E-state index in [4.69, 9.17) is 5.26 Å². The Bertz CT molecular complexity index is 934. The fraction of sp³-hybridized carbons (Fsp3) is 0.0556. The van der Waals surface area contributed by atoms with Gasteiger partial charge in [0.1, 0.15) is 0 Å². The molecule has 0 atom stereocenters. The first-order chi connectivity index (χ1) is 11.2. The Kier molecular flexibility index (Phi) is 3.89. The van der Waals surface area contributed by atoms with Crippen LogP contribution in [0.25, 0.3) is 17.0 Å². The third kappa shape index (κ3) is 2.97. The number of allylic oxidation sites excluding steroid dienone is 1. The molecule has 0 radical (unpaired) electrons. The number of fused-ring (bicyclic) bond motifs is 1. The van der Waals surface area contributed by atoms with Gasteiger partial charge in [-0.2, -0.15) is 5.26 Å². The van der Waals surface area contributed by atoms with E-state index in [1.807, 2.05) is 47.2 Å². The number of nitro benzene ring substituents is 1. The molecule has 0 bridgehead atoms. The molecule has 0 saturated heterocycles. The molecule has 0 aliphatic carbocycles. The van der Waals surface area contributed by atoms with Gasteiger partial charge in [0, 0.05) is 47.4 Å². The predicted molar refractivity (Wildman–Crippen MR) is 88.8 cm³/mol. The third-order valence-corrected chi connectivity index (χ3v) is 3.64. The van der Waals surface area contributed by atoms with Gasteiger partial charge in [-0.15, -0.1) is 0 Å². The van der Waals surface area contributed by atoms with Gasteiger partial charge in [0.25, 0.3) is 5.69 Å². The summed E-state index contributed by atoms with van der Waals surface area (Å²) in [5.74, 6) is 0. The third-order valence-electron chi connectivity index (χ3n) is 3.64. The molecule has 0 aliphatic rings. The SMILES string of the molecule is N#CC=Cc1cn(Cc2ccccc2)c2ccc([N+](=O)[O-])cc12. The van der Waals surface area contributed by atoms with E-state index in [1.54, 1.807) is 18.2 Å². The molecule has 112 valence electrons. The van der Waals surface area contributed by atoms with Crippen LogP contribution in [0, 0.1) is 21.4 Å². The first-order valence-electron chi connectivity index (χ1n) is 7.06. The van der Waals surface area contributed by atoms with E-state index in [2.05, 4.69) is 0 Å². The first kappa shape index (κ1) is 14.5. The quantitative estimate of drug-likeness (QED) is 0.413. The molecule has 23 heavy (non-hydrogen) atoms. The zero-order valence-electron chi connectivity index (χ0n) is 12.2. The minimum atomic E-state index is -0.411. The van der Waals surface area contributed by atoms with Crippen LogP contribution in [-0.2, 0) is 6.54 Å². The number of hydrogen-bond acceptors (Lipinski definition) is 3. The minimum absolute atomic E-state index is 0.0431. The number of nitriles is 1. The molecule has 0 unspecified atom stereocenters. The molecule has 0 saturated carbocycles. The number of aromatic nitrogens is 1. The molecule has 1 aromatic heterocycles. The maximum Gasteiger partial charge on any atom is 0.270 e. The standard InChI is InChI=1S/C18H13N3O2/c19-10-4-7-15-13-20(12-14-5-2-1-3-6-14)18-9-8-16(21(22)23)11-17(15)18/h1-9,11,13H,12H2. The highest BCUT2D eigenvalue weighted by Crippen LogP contribution is 2.27. The lowest BCUT2D eigenvalue weighted by atomic mass is 10.1. The molecule has 0 N–H and O–H groups in total. The summed E-state index contributed by atoms with van der Waals surface area (Å²) >= 11 is 0. The second-order valence-corrected chi connectivity index (χ2v) is 5.12. The normalized spacial score (nSPS) is 10.9. The first-order valence-corrected chi connectivity index (χ1v) is 7.06. The van der Waals surface area contributed by atoms with Crippen LogP contribution in [0.5, 0.6) is 0 Å². The molecule has 0 amide bonds. The van der Waals surface area contributed by atoms with E-state index in [0.29, 0.717) is 6.54 Å². The van der Waals surface area contributed by atoms with Crippen molar-refractivity contribution in [3.8, 4) is 6.07 Å². The Hall–Kier alpha value is -3.39. The van der Waals surface area contributed by atoms with Gasteiger partial charge < -0.3 is 4.57 Å². The summed E-state index contributed by atoms with van der Waals surface area (Å²) in [6.07, 6.45) is 4.96. The van der Waals surface area contributed by atoms with Crippen molar-refractivity contribution in [2.45, 2.75) is 6.54 Å². The highest BCUT2D eigenvalue weighted by Gasteiger charge is 2.12. The Morgan fingerprint density at radius 2 is 2.00 bits per heavy atom. The molecular weight excluding hydrogens is 290 g/mol. The summed E-state index contributed by atoms with van der Waals surface area (Å²) in [7, 11) is 0. The van der Waals surface area contributed by atoms with E-state index >= 15 is 0 Å². The number of nitrogens with zero attached hydrogens (tertiary/aromatic N) is 3. The minimum Gasteiger partial charge on any atom is -0.342 e. The molecule has 2 aromatic carbocycles. The molecule has 3 aromatic rings. The van der Waals surface area contributed by atoms with Crippen molar-refractivity contribution < 1.29 is 4.92 Å². The molecule has 0 fully saturated rings. The summed E-state index contributed by atoms with van der Waals surface area (Å²) in [4.78, 5) is 10.6. The lowest BCUT2D eigenvalue weighted by molar-refractivity contribution is -0.384. The molecule has 5 nitrogen and oxygen atoms in total. The second-order valence-electron chi connectivity index (χ2n) is 5.12. The van der Waals surface area contributed by atoms with Crippen LogP contribution in [0.2, 0.25) is 0 Å². The van der Waals surface area contributed by atoms with Crippen molar-refractivity contribution in [2.75, 3.05) is 0 Å². The number of rotatable bonds is 4. The molecule has 3 rings (SSSR count). The lowest BCUT2D eigenvalue weighted by Crippen LogP contribution is -1.97. The largest absolute Gasteiger partial charge is 0.342 e. The van der Waals surface area contributed by atoms with Gasteiger partial charge in [0.2, 0.25) is 0 Å². The van der Waals surface area contributed by atoms with Gasteiger partial charge in [0.15, 0.2) is 0 Å². The number of hydrogen-bond donors (Lipinski definition) is 0.